The highest BCUT2D eigenvalue weighted by atomic mass is 32.2. The van der Waals surface area contributed by atoms with Crippen LogP contribution in [0, 0.1) is 0 Å². The summed E-state index contributed by atoms with van der Waals surface area (Å²) in [7, 11) is 2.18. The van der Waals surface area contributed by atoms with Gasteiger partial charge < -0.3 is 4.90 Å². The monoisotopic (exact) mass is 198 g/mol. The predicted octanol–water partition coefficient (Wildman–Crippen LogP) is 0.991. The smallest absolute Gasteiger partial charge is 0.183 e. The van der Waals surface area contributed by atoms with Crippen molar-refractivity contribution in [3.05, 3.63) is 6.33 Å². The van der Waals surface area contributed by atoms with Crippen LogP contribution in [0.5, 0.6) is 0 Å². The van der Waals surface area contributed by atoms with Gasteiger partial charge in [-0.3, -0.25) is 5.10 Å². The average Bonchev–Trinajstić information content (AvgIpc) is 2.62. The first-order valence-electron chi connectivity index (χ1n) is 4.55. The Balaban J connectivity index is 1.83. The van der Waals surface area contributed by atoms with Crippen molar-refractivity contribution in [3.8, 4) is 0 Å². The summed E-state index contributed by atoms with van der Waals surface area (Å²) in [5, 5.41) is 8.38. The zero-order valence-corrected chi connectivity index (χ0v) is 8.55. The molecule has 1 N–H and O–H groups in total. The summed E-state index contributed by atoms with van der Waals surface area (Å²) in [4.78, 5) is 6.48. The minimum Gasteiger partial charge on any atom is -0.306 e. The van der Waals surface area contributed by atoms with Gasteiger partial charge in [0.05, 0.1) is 0 Å². The summed E-state index contributed by atoms with van der Waals surface area (Å²) >= 11 is 1.82. The lowest BCUT2D eigenvalue weighted by Gasteiger charge is -2.27. The lowest BCUT2D eigenvalue weighted by Crippen LogP contribution is -2.31. The summed E-state index contributed by atoms with van der Waals surface area (Å²) in [5.41, 5.74) is 0. The first-order chi connectivity index (χ1) is 6.34. The molecule has 0 aliphatic carbocycles. The summed E-state index contributed by atoms with van der Waals surface area (Å²) < 4.78 is 0. The van der Waals surface area contributed by atoms with Crippen molar-refractivity contribution in [1.82, 2.24) is 20.1 Å². The largest absolute Gasteiger partial charge is 0.306 e. The molecule has 5 heteroatoms. The summed E-state index contributed by atoms with van der Waals surface area (Å²) in [6, 6.07) is 0. The van der Waals surface area contributed by atoms with Gasteiger partial charge in [-0.1, -0.05) is 11.8 Å². The van der Waals surface area contributed by atoms with Gasteiger partial charge in [-0.15, -0.1) is 0 Å². The highest BCUT2D eigenvalue weighted by Gasteiger charge is 2.18. The second-order valence-electron chi connectivity index (χ2n) is 3.41. The first kappa shape index (κ1) is 9.02. The second-order valence-corrected chi connectivity index (χ2v) is 4.70. The van der Waals surface area contributed by atoms with E-state index in [1.54, 1.807) is 6.33 Å². The van der Waals surface area contributed by atoms with Crippen molar-refractivity contribution in [2.75, 3.05) is 20.1 Å². The van der Waals surface area contributed by atoms with E-state index in [4.69, 9.17) is 0 Å². The maximum atomic E-state index is 4.11. The summed E-state index contributed by atoms with van der Waals surface area (Å²) in [6.45, 7) is 2.40. The molecule has 1 aromatic heterocycles. The maximum absolute atomic E-state index is 4.11. The quantitative estimate of drug-likeness (QED) is 0.769. The normalized spacial score (nSPS) is 20.7. The van der Waals surface area contributed by atoms with Crippen LogP contribution in [0.3, 0.4) is 0 Å². The molecule has 0 atom stereocenters. The summed E-state index contributed by atoms with van der Waals surface area (Å²) in [6.07, 6.45) is 4.07. The average molecular weight is 198 g/mol. The third-order valence-corrected chi connectivity index (χ3v) is 3.56. The van der Waals surface area contributed by atoms with Crippen LogP contribution in [-0.4, -0.2) is 45.5 Å². The van der Waals surface area contributed by atoms with Crippen LogP contribution in [0.2, 0.25) is 0 Å². The topological polar surface area (TPSA) is 44.8 Å². The molecule has 4 nitrogen and oxygen atoms in total. The Morgan fingerprint density at radius 1 is 1.54 bits per heavy atom. The SMILES string of the molecule is CN1CCC(Sc2ncn[nH]2)CC1. The third-order valence-electron chi connectivity index (χ3n) is 2.34. The molecule has 72 valence electrons. The minimum absolute atomic E-state index is 0.712. The van der Waals surface area contributed by atoms with Crippen LogP contribution < -0.4 is 0 Å². The van der Waals surface area contributed by atoms with Crippen LogP contribution >= 0.6 is 11.8 Å². The molecular formula is C8H14N4S. The number of nitrogens with one attached hydrogen (secondary N) is 1. The van der Waals surface area contributed by atoms with Crippen molar-refractivity contribution in [2.45, 2.75) is 23.2 Å². The number of nitrogens with zero attached hydrogens (tertiary/aromatic N) is 3. The minimum atomic E-state index is 0.712. The molecule has 1 fully saturated rings. The third kappa shape index (κ3) is 2.45. The van der Waals surface area contributed by atoms with Crippen molar-refractivity contribution < 1.29 is 0 Å². The summed E-state index contributed by atoms with van der Waals surface area (Å²) in [5.74, 6) is 0. The Hall–Kier alpha value is -0.550. The fourth-order valence-corrected chi connectivity index (χ4v) is 2.49. The molecule has 0 amide bonds. The van der Waals surface area contributed by atoms with E-state index in [-0.39, 0.29) is 0 Å². The standard InChI is InChI=1S/C8H14N4S/c1-12-4-2-7(3-5-12)13-8-9-6-10-11-8/h6-7H,2-5H2,1H3,(H,9,10,11). The Morgan fingerprint density at radius 3 is 2.92 bits per heavy atom. The van der Waals surface area contributed by atoms with Crippen molar-refractivity contribution in [2.24, 2.45) is 0 Å². The Kier molecular flexibility index (Phi) is 2.85. The number of thioether (sulfide) groups is 1. The molecule has 0 bridgehead atoms. The predicted molar refractivity (Wildman–Crippen MR) is 52.8 cm³/mol. The van der Waals surface area contributed by atoms with E-state index in [9.17, 15) is 0 Å². The van der Waals surface area contributed by atoms with Crippen LogP contribution in [-0.2, 0) is 0 Å². The van der Waals surface area contributed by atoms with Gasteiger partial charge in [0.15, 0.2) is 5.16 Å². The lowest BCUT2D eigenvalue weighted by molar-refractivity contribution is 0.282. The van der Waals surface area contributed by atoms with E-state index in [0.717, 1.165) is 5.16 Å². The molecule has 2 heterocycles. The zero-order chi connectivity index (χ0) is 9.10. The van der Waals surface area contributed by atoms with Crippen molar-refractivity contribution >= 4 is 11.8 Å². The van der Waals surface area contributed by atoms with Gasteiger partial charge in [0.25, 0.3) is 0 Å². The van der Waals surface area contributed by atoms with E-state index < -0.39 is 0 Å². The number of hydrogen-bond donors (Lipinski definition) is 1. The molecule has 1 aliphatic heterocycles. The van der Waals surface area contributed by atoms with Crippen molar-refractivity contribution in [1.29, 1.82) is 0 Å². The van der Waals surface area contributed by atoms with Gasteiger partial charge in [-0.2, -0.15) is 5.10 Å². The van der Waals surface area contributed by atoms with E-state index in [0.29, 0.717) is 5.25 Å². The molecule has 0 spiro atoms. The van der Waals surface area contributed by atoms with Crippen LogP contribution in [0.15, 0.2) is 11.5 Å². The molecule has 13 heavy (non-hydrogen) atoms. The van der Waals surface area contributed by atoms with Gasteiger partial charge in [-0.05, 0) is 33.0 Å². The van der Waals surface area contributed by atoms with Crippen LogP contribution in [0.4, 0.5) is 0 Å². The zero-order valence-electron chi connectivity index (χ0n) is 7.73. The molecular weight excluding hydrogens is 184 g/mol. The van der Waals surface area contributed by atoms with E-state index in [2.05, 4.69) is 27.1 Å². The van der Waals surface area contributed by atoms with Gasteiger partial charge >= 0.3 is 0 Å². The fourth-order valence-electron chi connectivity index (χ4n) is 1.51. The van der Waals surface area contributed by atoms with Gasteiger partial charge in [-0.25, -0.2) is 4.98 Å². The molecule has 1 saturated heterocycles. The molecule has 0 saturated carbocycles. The van der Waals surface area contributed by atoms with Gasteiger partial charge in [0.1, 0.15) is 6.33 Å². The number of likely N-dealkylation sites (tertiary alicyclic amines) is 1. The van der Waals surface area contributed by atoms with E-state index in [1.807, 2.05) is 11.8 Å². The molecule has 0 aromatic carbocycles. The number of hydrogen-bond acceptors (Lipinski definition) is 4. The number of piperidine rings is 1. The second kappa shape index (κ2) is 4.11. The van der Waals surface area contributed by atoms with Crippen LogP contribution in [0.25, 0.3) is 0 Å². The highest BCUT2D eigenvalue weighted by molar-refractivity contribution is 7.99. The Morgan fingerprint density at radius 2 is 2.31 bits per heavy atom. The maximum Gasteiger partial charge on any atom is 0.183 e. The Labute approximate surface area is 82.1 Å². The number of aromatic nitrogens is 3. The molecule has 1 aromatic rings. The highest BCUT2D eigenvalue weighted by Crippen LogP contribution is 2.26. The van der Waals surface area contributed by atoms with Crippen molar-refractivity contribution in [3.63, 3.8) is 0 Å². The Bertz CT molecular complexity index is 241. The van der Waals surface area contributed by atoms with E-state index in [1.165, 1.54) is 25.9 Å². The molecule has 1 aliphatic rings. The molecule has 0 radical (unpaired) electrons. The van der Waals surface area contributed by atoms with Crippen LogP contribution in [0.1, 0.15) is 12.8 Å². The molecule has 0 unspecified atom stereocenters. The first-order valence-corrected chi connectivity index (χ1v) is 5.43. The van der Waals surface area contributed by atoms with E-state index >= 15 is 0 Å². The number of H-pyrrole nitrogens is 1. The lowest BCUT2D eigenvalue weighted by atomic mass is 10.1. The number of aromatic amines is 1. The van der Waals surface area contributed by atoms with Gasteiger partial charge in [0, 0.05) is 5.25 Å². The molecule has 2 rings (SSSR count). The van der Waals surface area contributed by atoms with Gasteiger partial charge in [0.2, 0.25) is 0 Å². The fraction of sp³-hybridized carbons (Fsp3) is 0.750. The number of rotatable bonds is 2.